The molecule has 0 unspecified atom stereocenters. The van der Waals surface area contributed by atoms with Crippen LogP contribution in [0.5, 0.6) is 0 Å². The smallest absolute Gasteiger partial charge is 0.306 e. The van der Waals surface area contributed by atoms with Crippen LogP contribution >= 0.6 is 11.6 Å². The minimum Gasteiger partial charge on any atom is -0.466 e. The molecule has 6 nitrogen and oxygen atoms in total. The average Bonchev–Trinajstić information content (AvgIpc) is 2.54. The van der Waals surface area contributed by atoms with E-state index in [4.69, 9.17) is 21.1 Å². The van der Waals surface area contributed by atoms with Crippen LogP contribution in [0.2, 0.25) is 5.02 Å². The van der Waals surface area contributed by atoms with Crippen molar-refractivity contribution in [1.29, 1.82) is 0 Å². The summed E-state index contributed by atoms with van der Waals surface area (Å²) < 4.78 is 10.2. The van der Waals surface area contributed by atoms with Gasteiger partial charge in [-0.05, 0) is 25.1 Å². The van der Waals surface area contributed by atoms with Crippen LogP contribution in [0.4, 0.5) is 11.4 Å². The monoisotopic (exact) mass is 340 g/mol. The molecule has 1 saturated heterocycles. The fourth-order valence-electron chi connectivity index (χ4n) is 2.35. The van der Waals surface area contributed by atoms with Crippen molar-refractivity contribution >= 4 is 34.9 Å². The zero-order valence-electron chi connectivity index (χ0n) is 13.1. The normalized spacial score (nSPS) is 14.4. The first-order valence-corrected chi connectivity index (χ1v) is 8.05. The number of nitrogens with zero attached hydrogens (tertiary/aromatic N) is 1. The molecule has 1 fully saturated rings. The SMILES string of the molecule is CCOC(=O)CCC(=O)Nc1cc(Cl)ccc1N1CCOCC1. The summed E-state index contributed by atoms with van der Waals surface area (Å²) in [7, 11) is 0. The summed E-state index contributed by atoms with van der Waals surface area (Å²) >= 11 is 6.04. The summed E-state index contributed by atoms with van der Waals surface area (Å²) in [5.74, 6) is -0.614. The maximum atomic E-state index is 12.1. The second kappa shape index (κ2) is 8.74. The Morgan fingerprint density at radius 1 is 1.30 bits per heavy atom. The van der Waals surface area contributed by atoms with E-state index in [0.717, 1.165) is 18.8 Å². The van der Waals surface area contributed by atoms with Gasteiger partial charge in [0.1, 0.15) is 0 Å². The molecule has 23 heavy (non-hydrogen) atoms. The fraction of sp³-hybridized carbons (Fsp3) is 0.500. The Labute approximate surface area is 140 Å². The lowest BCUT2D eigenvalue weighted by atomic mass is 10.2. The Kier molecular flexibility index (Phi) is 6.67. The van der Waals surface area contributed by atoms with Crippen LogP contribution in [0.3, 0.4) is 0 Å². The molecule has 1 aromatic carbocycles. The van der Waals surface area contributed by atoms with Crippen molar-refractivity contribution < 1.29 is 19.1 Å². The fourth-order valence-corrected chi connectivity index (χ4v) is 2.52. The summed E-state index contributed by atoms with van der Waals surface area (Å²) in [6.45, 7) is 4.87. The molecule has 0 radical (unpaired) electrons. The number of carbonyl (C=O) groups excluding carboxylic acids is 2. The predicted octanol–water partition coefficient (Wildman–Crippen LogP) is 2.46. The molecule has 1 amide bonds. The molecular formula is C16H21ClN2O4. The molecular weight excluding hydrogens is 320 g/mol. The molecule has 1 aromatic rings. The van der Waals surface area contributed by atoms with Crippen LogP contribution in [-0.4, -0.2) is 44.8 Å². The number of ether oxygens (including phenoxy) is 2. The number of hydrogen-bond acceptors (Lipinski definition) is 5. The number of rotatable bonds is 6. The molecule has 0 aliphatic carbocycles. The maximum Gasteiger partial charge on any atom is 0.306 e. The summed E-state index contributed by atoms with van der Waals surface area (Å²) in [6, 6.07) is 5.39. The van der Waals surface area contributed by atoms with Crippen molar-refractivity contribution in [3.63, 3.8) is 0 Å². The zero-order valence-corrected chi connectivity index (χ0v) is 13.9. The van der Waals surface area contributed by atoms with E-state index in [1.165, 1.54) is 0 Å². The number of nitrogens with one attached hydrogen (secondary N) is 1. The Hall–Kier alpha value is -1.79. The number of halogens is 1. The first kappa shape index (κ1) is 17.6. The van der Waals surface area contributed by atoms with Crippen LogP contribution in [0.1, 0.15) is 19.8 Å². The van der Waals surface area contributed by atoms with Crippen molar-refractivity contribution in [3.05, 3.63) is 23.2 Å². The number of anilines is 2. The Bertz CT molecular complexity index is 559. The van der Waals surface area contributed by atoms with Crippen LogP contribution < -0.4 is 10.2 Å². The van der Waals surface area contributed by atoms with Gasteiger partial charge in [0.05, 0.1) is 37.6 Å². The second-order valence-corrected chi connectivity index (χ2v) is 5.55. The molecule has 126 valence electrons. The van der Waals surface area contributed by atoms with Crippen molar-refractivity contribution in [2.45, 2.75) is 19.8 Å². The van der Waals surface area contributed by atoms with Crippen molar-refractivity contribution in [2.75, 3.05) is 43.1 Å². The van der Waals surface area contributed by atoms with E-state index in [2.05, 4.69) is 10.2 Å². The average molecular weight is 341 g/mol. The van der Waals surface area contributed by atoms with E-state index in [0.29, 0.717) is 30.5 Å². The number of esters is 1. The minimum absolute atomic E-state index is 0.0626. The van der Waals surface area contributed by atoms with E-state index in [1.807, 2.05) is 6.07 Å². The molecule has 1 N–H and O–H groups in total. The van der Waals surface area contributed by atoms with E-state index < -0.39 is 0 Å². The van der Waals surface area contributed by atoms with Crippen molar-refractivity contribution in [3.8, 4) is 0 Å². The van der Waals surface area contributed by atoms with E-state index in [9.17, 15) is 9.59 Å². The largest absolute Gasteiger partial charge is 0.466 e. The van der Waals surface area contributed by atoms with Gasteiger partial charge in [-0.15, -0.1) is 0 Å². The predicted molar refractivity (Wildman–Crippen MR) is 89.0 cm³/mol. The highest BCUT2D eigenvalue weighted by atomic mass is 35.5. The molecule has 7 heteroatoms. The van der Waals surface area contributed by atoms with Gasteiger partial charge in [-0.3, -0.25) is 9.59 Å². The van der Waals surface area contributed by atoms with Crippen LogP contribution in [0, 0.1) is 0 Å². The first-order chi connectivity index (χ1) is 11.1. The van der Waals surface area contributed by atoms with Gasteiger partial charge in [0.15, 0.2) is 0 Å². The number of amides is 1. The van der Waals surface area contributed by atoms with E-state index >= 15 is 0 Å². The highest BCUT2D eigenvalue weighted by Crippen LogP contribution is 2.30. The third-order valence-electron chi connectivity index (χ3n) is 3.45. The quantitative estimate of drug-likeness (QED) is 0.806. The Morgan fingerprint density at radius 3 is 2.74 bits per heavy atom. The lowest BCUT2D eigenvalue weighted by Gasteiger charge is -2.30. The van der Waals surface area contributed by atoms with Gasteiger partial charge in [-0.1, -0.05) is 11.6 Å². The summed E-state index contributed by atoms with van der Waals surface area (Å²) in [5.41, 5.74) is 1.55. The molecule has 2 rings (SSSR count). The number of carbonyl (C=O) groups is 2. The highest BCUT2D eigenvalue weighted by Gasteiger charge is 2.17. The minimum atomic E-state index is -0.373. The summed E-state index contributed by atoms with van der Waals surface area (Å²) in [6.07, 6.45) is 0.140. The highest BCUT2D eigenvalue weighted by molar-refractivity contribution is 6.31. The van der Waals surface area contributed by atoms with Crippen LogP contribution in [0.15, 0.2) is 18.2 Å². The van der Waals surface area contributed by atoms with E-state index in [-0.39, 0.29) is 24.7 Å². The molecule has 1 aliphatic heterocycles. The molecule has 0 bridgehead atoms. The number of morpholine rings is 1. The number of hydrogen-bond donors (Lipinski definition) is 1. The maximum absolute atomic E-state index is 12.1. The lowest BCUT2D eigenvalue weighted by molar-refractivity contribution is -0.144. The van der Waals surface area contributed by atoms with Gasteiger partial charge >= 0.3 is 5.97 Å². The second-order valence-electron chi connectivity index (χ2n) is 5.11. The van der Waals surface area contributed by atoms with Gasteiger partial charge in [-0.25, -0.2) is 0 Å². The Balaban J connectivity index is 2.01. The van der Waals surface area contributed by atoms with Crippen LogP contribution in [0.25, 0.3) is 0 Å². The third-order valence-corrected chi connectivity index (χ3v) is 3.68. The van der Waals surface area contributed by atoms with Gasteiger partial charge in [-0.2, -0.15) is 0 Å². The molecule has 1 aliphatic rings. The van der Waals surface area contributed by atoms with Gasteiger partial charge < -0.3 is 19.7 Å². The van der Waals surface area contributed by atoms with E-state index in [1.54, 1.807) is 19.1 Å². The molecule has 0 atom stereocenters. The number of benzene rings is 1. The van der Waals surface area contributed by atoms with Crippen LogP contribution in [-0.2, 0) is 19.1 Å². The zero-order chi connectivity index (χ0) is 16.7. The molecule has 0 spiro atoms. The standard InChI is InChI=1S/C16H21ClN2O4/c1-2-23-16(21)6-5-15(20)18-13-11-12(17)3-4-14(13)19-7-9-22-10-8-19/h3-4,11H,2,5-10H2,1H3,(H,18,20). The molecule has 0 saturated carbocycles. The summed E-state index contributed by atoms with van der Waals surface area (Å²) in [5, 5.41) is 3.38. The van der Waals surface area contributed by atoms with Gasteiger partial charge in [0, 0.05) is 24.5 Å². The first-order valence-electron chi connectivity index (χ1n) is 7.68. The third kappa shape index (κ3) is 5.41. The topological polar surface area (TPSA) is 67.9 Å². The lowest BCUT2D eigenvalue weighted by Crippen LogP contribution is -2.36. The van der Waals surface area contributed by atoms with Crippen molar-refractivity contribution in [2.24, 2.45) is 0 Å². The Morgan fingerprint density at radius 2 is 2.04 bits per heavy atom. The van der Waals surface area contributed by atoms with Gasteiger partial charge in [0.25, 0.3) is 0 Å². The molecule has 0 aromatic heterocycles. The van der Waals surface area contributed by atoms with Crippen molar-refractivity contribution in [1.82, 2.24) is 0 Å². The molecule has 1 heterocycles. The summed E-state index contributed by atoms with van der Waals surface area (Å²) in [4.78, 5) is 25.5. The van der Waals surface area contributed by atoms with Gasteiger partial charge in [0.2, 0.25) is 5.91 Å².